The monoisotopic (exact) mass is 478 g/mol. The number of halogens is 1. The minimum absolute atomic E-state index is 0.0932. The molecule has 0 spiro atoms. The third-order valence-electron chi connectivity index (χ3n) is 4.62. The number of carbonyl (C=O) groups excluding carboxylic acids is 2. The van der Waals surface area contributed by atoms with Crippen LogP contribution in [0.1, 0.15) is 10.4 Å². The first-order chi connectivity index (χ1) is 16.1. The fourth-order valence-electron chi connectivity index (χ4n) is 3.09. The van der Waals surface area contributed by atoms with Gasteiger partial charge in [0.1, 0.15) is 0 Å². The number of anilines is 1. The first kappa shape index (κ1) is 22.5. The molecule has 0 unspecified atom stereocenters. The van der Waals surface area contributed by atoms with Crippen molar-refractivity contribution in [2.45, 2.75) is 5.16 Å². The summed E-state index contributed by atoms with van der Waals surface area (Å²) < 4.78 is 1.89. The van der Waals surface area contributed by atoms with Crippen LogP contribution in [0.5, 0.6) is 0 Å². The fourth-order valence-corrected chi connectivity index (χ4v) is 4.05. The molecule has 0 radical (unpaired) electrons. The highest BCUT2D eigenvalue weighted by Gasteiger charge is 2.18. The Labute approximate surface area is 199 Å². The molecule has 2 aromatic carbocycles. The maximum absolute atomic E-state index is 12.6. The minimum Gasteiger partial charge on any atom is -0.355 e. The van der Waals surface area contributed by atoms with Crippen LogP contribution in [0.3, 0.4) is 0 Å². The van der Waals surface area contributed by atoms with Gasteiger partial charge < -0.3 is 10.6 Å². The SMILES string of the molecule is CNC(=O)c1cc(NC(=O)CSc2nnc(-c3cccnc3)n2-c2ccccc2)ccc1Cl. The van der Waals surface area contributed by atoms with Crippen molar-refractivity contribution in [3.8, 4) is 17.1 Å². The Kier molecular flexibility index (Phi) is 7.01. The number of pyridine rings is 1. The normalized spacial score (nSPS) is 10.6. The van der Waals surface area contributed by atoms with Gasteiger partial charge in [-0.15, -0.1) is 10.2 Å². The summed E-state index contributed by atoms with van der Waals surface area (Å²) in [6.45, 7) is 0. The molecule has 2 N–H and O–H groups in total. The van der Waals surface area contributed by atoms with E-state index in [1.807, 2.05) is 47.0 Å². The Morgan fingerprint density at radius 3 is 2.61 bits per heavy atom. The highest BCUT2D eigenvalue weighted by molar-refractivity contribution is 7.99. The van der Waals surface area contributed by atoms with Crippen LogP contribution in [0.4, 0.5) is 5.69 Å². The number of nitrogens with zero attached hydrogens (tertiary/aromatic N) is 4. The van der Waals surface area contributed by atoms with Gasteiger partial charge in [0.25, 0.3) is 5.91 Å². The van der Waals surface area contributed by atoms with Crippen LogP contribution in [-0.4, -0.2) is 44.4 Å². The second-order valence-electron chi connectivity index (χ2n) is 6.83. The highest BCUT2D eigenvalue weighted by Crippen LogP contribution is 2.28. The Hall–Kier alpha value is -3.69. The Bertz CT molecular complexity index is 1280. The molecule has 4 rings (SSSR count). The van der Waals surface area contributed by atoms with Crippen molar-refractivity contribution in [3.05, 3.63) is 83.6 Å². The van der Waals surface area contributed by atoms with Gasteiger partial charge in [-0.1, -0.05) is 41.6 Å². The van der Waals surface area contributed by atoms with E-state index in [-0.39, 0.29) is 23.1 Å². The van der Waals surface area contributed by atoms with Crippen molar-refractivity contribution in [1.29, 1.82) is 0 Å². The molecule has 0 aliphatic carbocycles. The summed E-state index contributed by atoms with van der Waals surface area (Å²) in [5.41, 5.74) is 2.45. The molecule has 2 aromatic heterocycles. The molecule has 0 saturated carbocycles. The number of hydrogen-bond acceptors (Lipinski definition) is 6. The number of amides is 2. The second-order valence-corrected chi connectivity index (χ2v) is 8.18. The summed E-state index contributed by atoms with van der Waals surface area (Å²) in [6, 6.07) is 18.2. The third kappa shape index (κ3) is 5.21. The molecule has 10 heteroatoms. The van der Waals surface area contributed by atoms with E-state index >= 15 is 0 Å². The van der Waals surface area contributed by atoms with Gasteiger partial charge in [0.2, 0.25) is 5.91 Å². The maximum Gasteiger partial charge on any atom is 0.252 e. The number of thioether (sulfide) groups is 1. The molecule has 0 aliphatic rings. The van der Waals surface area contributed by atoms with E-state index in [1.54, 1.807) is 24.5 Å². The van der Waals surface area contributed by atoms with Crippen LogP contribution in [0.15, 0.2) is 78.2 Å². The molecule has 0 fully saturated rings. The first-order valence-electron chi connectivity index (χ1n) is 9.92. The molecule has 2 amide bonds. The standard InChI is InChI=1S/C23H19ClN6O2S/c1-25-22(32)18-12-16(9-10-19(18)24)27-20(31)14-33-23-29-28-21(15-6-5-11-26-13-15)30(23)17-7-3-2-4-8-17/h2-13H,14H2,1H3,(H,25,32)(H,27,31). The van der Waals surface area contributed by atoms with Crippen LogP contribution in [0.25, 0.3) is 17.1 Å². The van der Waals surface area contributed by atoms with Crippen molar-refractivity contribution >= 4 is 40.9 Å². The Balaban J connectivity index is 1.54. The molecule has 33 heavy (non-hydrogen) atoms. The number of carbonyl (C=O) groups is 2. The quantitative estimate of drug-likeness (QED) is 0.388. The second kappa shape index (κ2) is 10.3. The molecule has 2 heterocycles. The first-order valence-corrected chi connectivity index (χ1v) is 11.3. The van der Waals surface area contributed by atoms with Crippen LogP contribution in [-0.2, 0) is 4.79 Å². The number of aromatic nitrogens is 4. The van der Waals surface area contributed by atoms with Crippen LogP contribution in [0, 0.1) is 0 Å². The maximum atomic E-state index is 12.6. The fraction of sp³-hybridized carbons (Fsp3) is 0.0870. The number of nitrogens with one attached hydrogen (secondary N) is 2. The van der Waals surface area contributed by atoms with E-state index < -0.39 is 0 Å². The molecule has 0 bridgehead atoms. The largest absolute Gasteiger partial charge is 0.355 e. The molecular weight excluding hydrogens is 460 g/mol. The van der Waals surface area contributed by atoms with Crippen molar-refractivity contribution in [1.82, 2.24) is 25.1 Å². The molecule has 0 saturated heterocycles. The van der Waals surface area contributed by atoms with E-state index in [1.165, 1.54) is 24.9 Å². The molecule has 4 aromatic rings. The smallest absolute Gasteiger partial charge is 0.252 e. The number of hydrogen-bond donors (Lipinski definition) is 2. The number of para-hydroxylation sites is 1. The van der Waals surface area contributed by atoms with Gasteiger partial charge in [0.05, 0.1) is 16.3 Å². The van der Waals surface area contributed by atoms with E-state index in [9.17, 15) is 9.59 Å². The van der Waals surface area contributed by atoms with Gasteiger partial charge >= 0.3 is 0 Å². The Morgan fingerprint density at radius 1 is 1.06 bits per heavy atom. The molecular formula is C23H19ClN6O2S. The van der Waals surface area contributed by atoms with E-state index in [4.69, 9.17) is 11.6 Å². The van der Waals surface area contributed by atoms with E-state index in [0.29, 0.717) is 21.7 Å². The van der Waals surface area contributed by atoms with Gasteiger partial charge in [-0.2, -0.15) is 0 Å². The molecule has 8 nitrogen and oxygen atoms in total. The van der Waals surface area contributed by atoms with Crippen molar-refractivity contribution in [2.75, 3.05) is 18.1 Å². The lowest BCUT2D eigenvalue weighted by atomic mass is 10.2. The summed E-state index contributed by atoms with van der Waals surface area (Å²) in [4.78, 5) is 28.7. The van der Waals surface area contributed by atoms with Crippen molar-refractivity contribution in [2.24, 2.45) is 0 Å². The van der Waals surface area contributed by atoms with Gasteiger partial charge in [-0.25, -0.2) is 0 Å². The van der Waals surface area contributed by atoms with Crippen LogP contribution < -0.4 is 10.6 Å². The predicted octanol–water partition coefficient (Wildman–Crippen LogP) is 4.07. The zero-order valence-electron chi connectivity index (χ0n) is 17.5. The van der Waals surface area contributed by atoms with Gasteiger partial charge in [0.15, 0.2) is 11.0 Å². The van der Waals surface area contributed by atoms with E-state index in [0.717, 1.165) is 11.3 Å². The topological polar surface area (TPSA) is 102 Å². The Morgan fingerprint density at radius 2 is 1.88 bits per heavy atom. The summed E-state index contributed by atoms with van der Waals surface area (Å²) in [5.74, 6) is 0.140. The van der Waals surface area contributed by atoms with Crippen molar-refractivity contribution < 1.29 is 9.59 Å². The summed E-state index contributed by atoms with van der Waals surface area (Å²) in [5, 5.41) is 14.8. The zero-order chi connectivity index (χ0) is 23.2. The van der Waals surface area contributed by atoms with Gasteiger partial charge in [-0.3, -0.25) is 19.1 Å². The highest BCUT2D eigenvalue weighted by atomic mass is 35.5. The van der Waals surface area contributed by atoms with E-state index in [2.05, 4.69) is 25.8 Å². The third-order valence-corrected chi connectivity index (χ3v) is 5.88. The zero-order valence-corrected chi connectivity index (χ0v) is 19.1. The average molecular weight is 479 g/mol. The van der Waals surface area contributed by atoms with Crippen LogP contribution >= 0.6 is 23.4 Å². The van der Waals surface area contributed by atoms with Crippen molar-refractivity contribution in [3.63, 3.8) is 0 Å². The average Bonchev–Trinajstić information content (AvgIpc) is 3.28. The summed E-state index contributed by atoms with van der Waals surface area (Å²) in [6.07, 6.45) is 3.41. The minimum atomic E-state index is -0.329. The number of rotatable bonds is 7. The van der Waals surface area contributed by atoms with Gasteiger partial charge in [-0.05, 0) is 42.5 Å². The lowest BCUT2D eigenvalue weighted by Crippen LogP contribution is -2.19. The van der Waals surface area contributed by atoms with Crippen LogP contribution in [0.2, 0.25) is 5.02 Å². The number of benzene rings is 2. The summed E-state index contributed by atoms with van der Waals surface area (Å²) in [7, 11) is 1.52. The molecule has 0 aliphatic heterocycles. The summed E-state index contributed by atoms with van der Waals surface area (Å²) >= 11 is 7.33. The molecule has 0 atom stereocenters. The lowest BCUT2D eigenvalue weighted by Gasteiger charge is -2.11. The predicted molar refractivity (Wildman–Crippen MR) is 129 cm³/mol. The molecule has 166 valence electrons. The van der Waals surface area contributed by atoms with Gasteiger partial charge in [0, 0.05) is 36.4 Å². The lowest BCUT2D eigenvalue weighted by molar-refractivity contribution is -0.113.